The highest BCUT2D eigenvalue weighted by molar-refractivity contribution is 5.78. The van der Waals surface area contributed by atoms with E-state index in [9.17, 15) is 9.90 Å². The van der Waals surface area contributed by atoms with Gasteiger partial charge in [0, 0.05) is 17.9 Å². The molecule has 0 heterocycles. The van der Waals surface area contributed by atoms with Gasteiger partial charge in [-0.2, -0.15) is 0 Å². The Kier molecular flexibility index (Phi) is 6.01. The van der Waals surface area contributed by atoms with Crippen molar-refractivity contribution in [3.63, 3.8) is 0 Å². The number of rotatable bonds is 6. The molecule has 0 aliphatic rings. The zero-order valence-corrected chi connectivity index (χ0v) is 11.5. The molecule has 0 aliphatic carbocycles. The van der Waals surface area contributed by atoms with Gasteiger partial charge in [0.05, 0.1) is 6.10 Å². The molecule has 0 aromatic carbocycles. The monoisotopic (exact) mass is 229 g/mol. The third-order valence-corrected chi connectivity index (χ3v) is 3.21. The smallest absolute Gasteiger partial charge is 0.222 e. The van der Waals surface area contributed by atoms with Gasteiger partial charge in [0.1, 0.15) is 0 Å². The van der Waals surface area contributed by atoms with Gasteiger partial charge in [-0.25, -0.2) is 0 Å². The van der Waals surface area contributed by atoms with Crippen molar-refractivity contribution in [2.75, 3.05) is 6.54 Å². The van der Waals surface area contributed by atoms with Gasteiger partial charge in [-0.3, -0.25) is 4.79 Å². The summed E-state index contributed by atoms with van der Waals surface area (Å²) in [5.41, 5.74) is -0.280. The maximum absolute atomic E-state index is 11.6. The normalized spacial score (nSPS) is 16.0. The lowest BCUT2D eigenvalue weighted by atomic mass is 9.80. The zero-order valence-electron chi connectivity index (χ0n) is 11.5. The quantitative estimate of drug-likeness (QED) is 0.733. The molecule has 3 nitrogen and oxygen atoms in total. The molecule has 0 aromatic heterocycles. The van der Waals surface area contributed by atoms with E-state index in [1.165, 1.54) is 0 Å². The van der Waals surface area contributed by atoms with Crippen molar-refractivity contribution in [3.8, 4) is 0 Å². The van der Waals surface area contributed by atoms with Crippen LogP contribution in [0.5, 0.6) is 0 Å². The fraction of sp³-hybridized carbons (Fsp3) is 0.923. The minimum absolute atomic E-state index is 0.0481. The number of aliphatic hydroxyl groups is 1. The Balaban J connectivity index is 4.23. The largest absolute Gasteiger partial charge is 0.392 e. The van der Waals surface area contributed by atoms with E-state index >= 15 is 0 Å². The summed E-state index contributed by atoms with van der Waals surface area (Å²) in [4.78, 5) is 11.6. The highest BCUT2D eigenvalue weighted by Gasteiger charge is 2.30. The molecule has 0 rings (SSSR count). The zero-order chi connectivity index (χ0) is 12.9. The summed E-state index contributed by atoms with van der Waals surface area (Å²) in [6, 6.07) is 0. The number of carbonyl (C=O) groups excluding carboxylic acids is 1. The van der Waals surface area contributed by atoms with E-state index in [4.69, 9.17) is 0 Å². The minimum atomic E-state index is -0.398. The number of aliphatic hydroxyl groups excluding tert-OH is 1. The van der Waals surface area contributed by atoms with Crippen LogP contribution in [0.15, 0.2) is 0 Å². The predicted molar refractivity (Wildman–Crippen MR) is 67.1 cm³/mol. The fourth-order valence-electron chi connectivity index (χ4n) is 1.68. The van der Waals surface area contributed by atoms with Crippen molar-refractivity contribution in [2.24, 2.45) is 17.3 Å². The highest BCUT2D eigenvalue weighted by Crippen LogP contribution is 2.25. The van der Waals surface area contributed by atoms with E-state index in [2.05, 4.69) is 5.32 Å². The molecule has 2 unspecified atom stereocenters. The minimum Gasteiger partial charge on any atom is -0.392 e. The molecule has 1 amide bonds. The van der Waals surface area contributed by atoms with Crippen LogP contribution in [-0.2, 0) is 4.79 Å². The van der Waals surface area contributed by atoms with Crippen LogP contribution in [0.1, 0.15) is 48.0 Å². The Bertz CT molecular complexity index is 224. The Morgan fingerprint density at radius 1 is 1.31 bits per heavy atom. The van der Waals surface area contributed by atoms with Gasteiger partial charge in [-0.05, 0) is 12.3 Å². The van der Waals surface area contributed by atoms with Crippen LogP contribution < -0.4 is 5.32 Å². The van der Waals surface area contributed by atoms with Gasteiger partial charge in [-0.1, -0.05) is 41.5 Å². The molecule has 0 fully saturated rings. The Morgan fingerprint density at radius 3 is 2.19 bits per heavy atom. The number of amides is 1. The van der Waals surface area contributed by atoms with E-state index < -0.39 is 6.10 Å². The van der Waals surface area contributed by atoms with E-state index in [0.29, 0.717) is 6.54 Å². The maximum atomic E-state index is 11.6. The van der Waals surface area contributed by atoms with Crippen molar-refractivity contribution in [3.05, 3.63) is 0 Å². The van der Waals surface area contributed by atoms with Crippen LogP contribution in [0.2, 0.25) is 0 Å². The molecule has 0 radical (unpaired) electrons. The van der Waals surface area contributed by atoms with E-state index in [-0.39, 0.29) is 23.2 Å². The molecule has 0 aromatic rings. The number of nitrogens with one attached hydrogen (secondary N) is 1. The topological polar surface area (TPSA) is 49.3 Å². The third kappa shape index (κ3) is 4.52. The lowest BCUT2D eigenvalue weighted by Gasteiger charge is -2.33. The summed E-state index contributed by atoms with van der Waals surface area (Å²) in [5.74, 6) is 0.328. The summed E-state index contributed by atoms with van der Waals surface area (Å²) >= 11 is 0. The van der Waals surface area contributed by atoms with E-state index in [1.54, 1.807) is 0 Å². The first-order valence-electron chi connectivity index (χ1n) is 6.18. The van der Waals surface area contributed by atoms with Crippen LogP contribution in [0.4, 0.5) is 0 Å². The van der Waals surface area contributed by atoms with Crippen LogP contribution in [0, 0.1) is 17.3 Å². The van der Waals surface area contributed by atoms with Gasteiger partial charge in [-0.15, -0.1) is 0 Å². The molecule has 96 valence electrons. The van der Waals surface area contributed by atoms with Gasteiger partial charge >= 0.3 is 0 Å². The molecule has 0 saturated heterocycles. The second kappa shape index (κ2) is 6.24. The van der Waals surface area contributed by atoms with Gasteiger partial charge < -0.3 is 10.4 Å². The van der Waals surface area contributed by atoms with Crippen LogP contribution >= 0.6 is 0 Å². The highest BCUT2D eigenvalue weighted by atomic mass is 16.3. The van der Waals surface area contributed by atoms with Crippen molar-refractivity contribution in [1.29, 1.82) is 0 Å². The molecular weight excluding hydrogens is 202 g/mol. The van der Waals surface area contributed by atoms with Crippen molar-refractivity contribution in [2.45, 2.75) is 54.1 Å². The average Bonchev–Trinajstić information content (AvgIpc) is 2.23. The number of hydrogen-bond donors (Lipinski definition) is 2. The first-order valence-corrected chi connectivity index (χ1v) is 6.18. The predicted octanol–water partition coefficient (Wildman–Crippen LogP) is 2.19. The molecule has 0 spiro atoms. The summed E-state index contributed by atoms with van der Waals surface area (Å²) in [6.45, 7) is 12.4. The van der Waals surface area contributed by atoms with Crippen molar-refractivity contribution in [1.82, 2.24) is 5.32 Å². The summed E-state index contributed by atoms with van der Waals surface area (Å²) in [6.07, 6.45) is 0.448. The Hall–Kier alpha value is -0.570. The van der Waals surface area contributed by atoms with Crippen molar-refractivity contribution >= 4 is 5.91 Å². The summed E-state index contributed by atoms with van der Waals surface area (Å²) < 4.78 is 0. The molecule has 0 saturated carbocycles. The second-order valence-corrected chi connectivity index (χ2v) is 5.70. The molecule has 0 bridgehead atoms. The summed E-state index contributed by atoms with van der Waals surface area (Å²) in [7, 11) is 0. The van der Waals surface area contributed by atoms with Crippen LogP contribution in [0.25, 0.3) is 0 Å². The first kappa shape index (κ1) is 15.4. The fourth-order valence-corrected chi connectivity index (χ4v) is 1.68. The van der Waals surface area contributed by atoms with E-state index in [0.717, 1.165) is 6.42 Å². The molecule has 0 aliphatic heterocycles. The third-order valence-electron chi connectivity index (χ3n) is 3.21. The molecule has 16 heavy (non-hydrogen) atoms. The van der Waals surface area contributed by atoms with Crippen molar-refractivity contribution < 1.29 is 9.90 Å². The average molecular weight is 229 g/mol. The van der Waals surface area contributed by atoms with Gasteiger partial charge in [0.2, 0.25) is 5.91 Å². The Morgan fingerprint density at radius 2 is 1.81 bits per heavy atom. The van der Waals surface area contributed by atoms with Crippen LogP contribution in [0.3, 0.4) is 0 Å². The second-order valence-electron chi connectivity index (χ2n) is 5.70. The van der Waals surface area contributed by atoms with Gasteiger partial charge in [0.25, 0.3) is 0 Å². The summed E-state index contributed by atoms with van der Waals surface area (Å²) in [5, 5.41) is 12.9. The molecule has 2 atom stereocenters. The first-order chi connectivity index (χ1) is 7.22. The van der Waals surface area contributed by atoms with Gasteiger partial charge in [0.15, 0.2) is 0 Å². The SMILES string of the molecule is CCC(C)C(=O)NCC(C)(C)C(O)C(C)C. The van der Waals surface area contributed by atoms with E-state index in [1.807, 2.05) is 41.5 Å². The lowest BCUT2D eigenvalue weighted by molar-refractivity contribution is -0.125. The Labute approximate surface area is 99.6 Å². The maximum Gasteiger partial charge on any atom is 0.222 e. The molecule has 3 heteroatoms. The number of hydrogen-bond acceptors (Lipinski definition) is 2. The van der Waals surface area contributed by atoms with Crippen LogP contribution in [-0.4, -0.2) is 23.7 Å². The molecule has 2 N–H and O–H groups in total. The molecular formula is C13H27NO2. The number of carbonyl (C=O) groups is 1. The lowest BCUT2D eigenvalue weighted by Crippen LogP contribution is -2.44. The standard InChI is InChI=1S/C13H27NO2/c1-7-10(4)12(16)14-8-13(5,6)11(15)9(2)3/h9-11,15H,7-8H2,1-6H3,(H,14,16).